The molecule has 1 aliphatic heterocycles. The fourth-order valence-corrected chi connectivity index (χ4v) is 7.11. The Morgan fingerprint density at radius 1 is 1.04 bits per heavy atom. The molecule has 12 heteroatoms. The number of hydrogen-bond donors (Lipinski definition) is 2. The molecular formula is C35H40FN5O6. The number of nitrogens with zero attached hydrogens (tertiary/aromatic N) is 5. The van der Waals surface area contributed by atoms with E-state index in [0.717, 1.165) is 42.0 Å². The van der Waals surface area contributed by atoms with Crippen molar-refractivity contribution in [3.63, 3.8) is 0 Å². The summed E-state index contributed by atoms with van der Waals surface area (Å²) >= 11 is 0. The van der Waals surface area contributed by atoms with Crippen LogP contribution in [0.15, 0.2) is 64.3 Å². The maximum atomic E-state index is 14.5. The number of aromatic nitrogens is 3. The number of hydrogen-bond acceptors (Lipinski definition) is 7. The van der Waals surface area contributed by atoms with E-state index in [4.69, 9.17) is 4.74 Å². The van der Waals surface area contributed by atoms with Crippen molar-refractivity contribution in [2.45, 2.75) is 70.6 Å². The van der Waals surface area contributed by atoms with Crippen molar-refractivity contribution in [1.29, 1.82) is 0 Å². The van der Waals surface area contributed by atoms with Crippen LogP contribution in [-0.4, -0.2) is 78.1 Å². The van der Waals surface area contributed by atoms with E-state index < -0.39 is 34.7 Å². The second-order valence-corrected chi connectivity index (χ2v) is 13.3. The largest absolute Gasteiger partial charge is 0.508 e. The Bertz CT molecular complexity index is 1920. The van der Waals surface area contributed by atoms with Gasteiger partial charge < -0.3 is 19.8 Å². The van der Waals surface area contributed by atoms with Gasteiger partial charge in [-0.2, -0.15) is 0 Å². The van der Waals surface area contributed by atoms with E-state index in [1.54, 1.807) is 24.3 Å². The molecule has 47 heavy (non-hydrogen) atoms. The quantitative estimate of drug-likeness (QED) is 0.295. The normalized spacial score (nSPS) is 19.1. The summed E-state index contributed by atoms with van der Waals surface area (Å²) in [6.45, 7) is 8.77. The lowest BCUT2D eigenvalue weighted by Crippen LogP contribution is -2.53. The zero-order chi connectivity index (χ0) is 33.5. The molecule has 2 fully saturated rings. The molecule has 1 aliphatic carbocycles. The van der Waals surface area contributed by atoms with E-state index in [-0.39, 0.29) is 22.8 Å². The third kappa shape index (κ3) is 6.39. The highest BCUT2D eigenvalue weighted by molar-refractivity contribution is 5.77. The molecule has 1 amide bonds. The Hall–Kier alpha value is -4.55. The number of carboxylic acid groups (broad SMARTS) is 1. The van der Waals surface area contributed by atoms with Gasteiger partial charge in [-0.3, -0.25) is 14.3 Å². The van der Waals surface area contributed by atoms with Crippen LogP contribution in [-0.2, 0) is 11.3 Å². The minimum atomic E-state index is -1.01. The Morgan fingerprint density at radius 3 is 2.43 bits per heavy atom. The van der Waals surface area contributed by atoms with Crippen LogP contribution in [0.25, 0.3) is 27.8 Å². The highest BCUT2D eigenvalue weighted by Crippen LogP contribution is 2.35. The van der Waals surface area contributed by atoms with Crippen molar-refractivity contribution in [1.82, 2.24) is 23.9 Å². The predicted octanol–water partition coefficient (Wildman–Crippen LogP) is 5.15. The van der Waals surface area contributed by atoms with Crippen LogP contribution in [0.2, 0.25) is 0 Å². The fourth-order valence-electron chi connectivity index (χ4n) is 7.11. The van der Waals surface area contributed by atoms with E-state index in [2.05, 4.69) is 9.88 Å². The first-order valence-electron chi connectivity index (χ1n) is 16.0. The van der Waals surface area contributed by atoms with Gasteiger partial charge in [-0.05, 0) is 81.8 Å². The number of fused-ring (bicyclic) bond motifs is 1. The topological polar surface area (TPSA) is 130 Å². The highest BCUT2D eigenvalue weighted by Gasteiger charge is 2.37. The summed E-state index contributed by atoms with van der Waals surface area (Å²) in [7, 11) is 0. The summed E-state index contributed by atoms with van der Waals surface area (Å²) in [6, 6.07) is 12.9. The lowest BCUT2D eigenvalue weighted by molar-refractivity contribution is 0.0339. The van der Waals surface area contributed by atoms with Gasteiger partial charge >= 0.3 is 11.8 Å². The Morgan fingerprint density at radius 2 is 1.74 bits per heavy atom. The number of morpholine rings is 1. The van der Waals surface area contributed by atoms with Crippen LogP contribution in [0.3, 0.4) is 0 Å². The number of pyridine rings is 1. The molecular weight excluding hydrogens is 605 g/mol. The van der Waals surface area contributed by atoms with Crippen molar-refractivity contribution in [2.75, 3.05) is 26.3 Å². The summed E-state index contributed by atoms with van der Waals surface area (Å²) in [5, 5.41) is 20.8. The summed E-state index contributed by atoms with van der Waals surface area (Å²) < 4.78 is 22.5. The molecule has 2 N–H and O–H groups in total. The number of rotatable bonds is 6. The monoisotopic (exact) mass is 645 g/mol. The van der Waals surface area contributed by atoms with Gasteiger partial charge in [0.15, 0.2) is 5.65 Å². The van der Waals surface area contributed by atoms with Crippen LogP contribution in [0, 0.1) is 5.82 Å². The van der Waals surface area contributed by atoms with Crippen molar-refractivity contribution in [3.05, 3.63) is 86.9 Å². The second kappa shape index (κ2) is 12.9. The van der Waals surface area contributed by atoms with Gasteiger partial charge in [0.05, 0.1) is 30.5 Å². The lowest BCUT2D eigenvalue weighted by Gasteiger charge is -2.42. The van der Waals surface area contributed by atoms with Crippen molar-refractivity contribution < 1.29 is 24.1 Å². The van der Waals surface area contributed by atoms with Crippen LogP contribution in [0.4, 0.5) is 9.18 Å². The molecule has 2 aliphatic rings. The molecule has 2 aromatic heterocycles. The van der Waals surface area contributed by atoms with Gasteiger partial charge in [-0.25, -0.2) is 23.5 Å². The zero-order valence-electron chi connectivity index (χ0n) is 26.9. The molecule has 1 saturated heterocycles. The molecule has 0 bridgehead atoms. The van der Waals surface area contributed by atoms with Crippen LogP contribution < -0.4 is 11.2 Å². The van der Waals surface area contributed by atoms with Gasteiger partial charge in [-0.15, -0.1) is 0 Å². The number of halogens is 1. The first-order valence-corrected chi connectivity index (χ1v) is 16.0. The molecule has 248 valence electrons. The van der Waals surface area contributed by atoms with Crippen molar-refractivity contribution >= 4 is 17.1 Å². The van der Waals surface area contributed by atoms with Crippen LogP contribution >= 0.6 is 0 Å². The third-order valence-corrected chi connectivity index (χ3v) is 9.27. The van der Waals surface area contributed by atoms with E-state index in [1.165, 1.54) is 14.0 Å². The van der Waals surface area contributed by atoms with Gasteiger partial charge in [0.1, 0.15) is 11.6 Å². The van der Waals surface area contributed by atoms with E-state index in [1.807, 2.05) is 39.0 Å². The van der Waals surface area contributed by atoms with E-state index in [9.17, 15) is 29.0 Å². The number of phenols is 1. The zero-order valence-corrected chi connectivity index (χ0v) is 26.9. The van der Waals surface area contributed by atoms with E-state index in [0.29, 0.717) is 51.1 Å². The van der Waals surface area contributed by atoms with Crippen molar-refractivity contribution in [3.8, 4) is 22.6 Å². The summed E-state index contributed by atoms with van der Waals surface area (Å²) in [5.41, 5.74) is 0.929. The van der Waals surface area contributed by atoms with Crippen LogP contribution in [0.5, 0.6) is 5.75 Å². The third-order valence-electron chi connectivity index (χ3n) is 9.27. The molecule has 3 heterocycles. The minimum absolute atomic E-state index is 0.0238. The Kier molecular flexibility index (Phi) is 8.91. The number of aromatic hydroxyl groups is 1. The predicted molar refractivity (Wildman–Crippen MR) is 176 cm³/mol. The maximum absolute atomic E-state index is 14.5. The average Bonchev–Trinajstić information content (AvgIpc) is 3.03. The van der Waals surface area contributed by atoms with Crippen LogP contribution in [0.1, 0.15) is 58.1 Å². The number of amides is 1. The van der Waals surface area contributed by atoms with Gasteiger partial charge in [0, 0.05) is 42.8 Å². The van der Waals surface area contributed by atoms with E-state index >= 15 is 0 Å². The molecule has 0 radical (unpaired) electrons. The second-order valence-electron chi connectivity index (χ2n) is 13.3. The van der Waals surface area contributed by atoms with Crippen molar-refractivity contribution in [2.24, 2.45) is 0 Å². The first-order chi connectivity index (χ1) is 22.4. The summed E-state index contributed by atoms with van der Waals surface area (Å²) in [5.74, 6) is -0.533. The number of phenolic OH excluding ortho intramolecular Hbond substituents is 1. The number of benzene rings is 2. The summed E-state index contributed by atoms with van der Waals surface area (Å²) in [4.78, 5) is 48.1. The summed E-state index contributed by atoms with van der Waals surface area (Å²) in [6.07, 6.45) is 1.73. The standard InChI is InChI=1S/C35H40FN5O6/c1-35(2,3)41(34(45)46)25-12-10-24(11-13-25)40-32(43)28-19-23(36)20-37-31(28)39(33(40)44)26-7-4-6-22(18-26)27-8-5-9-30(42)29(27)21-38-14-16-47-17-15-38/h4-9,18-20,24-25,42H,10-17,21H2,1-3H3,(H,45,46). The molecule has 2 aromatic carbocycles. The average molecular weight is 646 g/mol. The van der Waals surface area contributed by atoms with Gasteiger partial charge in [0.2, 0.25) is 0 Å². The number of carbonyl (C=O) groups is 1. The molecule has 0 atom stereocenters. The SMILES string of the molecule is CC(C)(C)N(C(=O)O)C1CCC(n2c(=O)c3cc(F)cnc3n(-c3cccc(-c4cccc(O)c4CN4CCOCC4)c3)c2=O)CC1. The molecule has 0 spiro atoms. The highest BCUT2D eigenvalue weighted by atomic mass is 19.1. The minimum Gasteiger partial charge on any atom is -0.508 e. The molecule has 6 rings (SSSR count). The molecule has 1 saturated carbocycles. The molecule has 0 unspecified atom stereocenters. The maximum Gasteiger partial charge on any atom is 0.407 e. The Labute approximate surface area is 271 Å². The van der Waals surface area contributed by atoms with Gasteiger partial charge in [0.25, 0.3) is 5.56 Å². The smallest absolute Gasteiger partial charge is 0.407 e. The Balaban J connectivity index is 1.42. The first kappa shape index (κ1) is 32.4. The molecule has 11 nitrogen and oxygen atoms in total. The lowest BCUT2D eigenvalue weighted by atomic mass is 9.88. The van der Waals surface area contributed by atoms with Gasteiger partial charge in [-0.1, -0.05) is 24.3 Å². The molecule has 4 aromatic rings. The number of ether oxygens (including phenoxy) is 1. The fraction of sp³-hybridized carbons (Fsp3) is 0.429.